The summed E-state index contributed by atoms with van der Waals surface area (Å²) in [5, 5.41) is 11.8. The Morgan fingerprint density at radius 2 is 1.67 bits per heavy atom. The lowest BCUT2D eigenvalue weighted by atomic mass is 10.3. The molecular formula is C20H16N4O2S. The zero-order chi connectivity index (χ0) is 19.1. The van der Waals surface area contributed by atoms with E-state index in [0.717, 1.165) is 0 Å². The van der Waals surface area contributed by atoms with Crippen molar-refractivity contribution in [1.29, 1.82) is 5.26 Å². The second-order valence-corrected chi connectivity index (χ2v) is 6.87. The van der Waals surface area contributed by atoms with E-state index in [1.807, 2.05) is 24.3 Å². The highest BCUT2D eigenvalue weighted by atomic mass is 32.2. The molecule has 3 aromatic carbocycles. The highest BCUT2D eigenvalue weighted by molar-refractivity contribution is 7.91. The number of anilines is 2. The van der Waals surface area contributed by atoms with Crippen LogP contribution in [-0.4, -0.2) is 10.6 Å². The number of nitrogens with one attached hydrogen (secondary N) is 1. The van der Waals surface area contributed by atoms with Crippen molar-refractivity contribution in [3.05, 3.63) is 78.9 Å². The van der Waals surface area contributed by atoms with Gasteiger partial charge in [-0.15, -0.1) is 4.99 Å². The lowest BCUT2D eigenvalue weighted by Gasteiger charge is -2.14. The highest BCUT2D eigenvalue weighted by Crippen LogP contribution is 2.27. The number of ether oxygens (including phenoxy) is 1. The smallest absolute Gasteiger partial charge is 0.310 e. The molecule has 1 atom stereocenters. The first kappa shape index (κ1) is 18.3. The predicted octanol–water partition coefficient (Wildman–Crippen LogP) is 3.76. The van der Waals surface area contributed by atoms with Crippen molar-refractivity contribution in [2.24, 2.45) is 4.99 Å². The largest absolute Gasteiger partial charge is 0.606 e. The van der Waals surface area contributed by atoms with Gasteiger partial charge in [0.15, 0.2) is 9.79 Å². The molecule has 0 spiro atoms. The first-order valence-electron chi connectivity index (χ1n) is 8.00. The molecule has 3 rings (SSSR count). The number of hydrogen-bond donors (Lipinski definition) is 2. The maximum absolute atomic E-state index is 12.7. The van der Waals surface area contributed by atoms with Crippen molar-refractivity contribution in [2.75, 3.05) is 11.1 Å². The number of rotatable bonds is 4. The molecule has 0 amide bonds. The summed E-state index contributed by atoms with van der Waals surface area (Å²) in [5.41, 5.74) is 6.87. The van der Waals surface area contributed by atoms with E-state index in [9.17, 15) is 4.55 Å². The third-order valence-electron chi connectivity index (χ3n) is 3.55. The predicted molar refractivity (Wildman–Crippen MR) is 106 cm³/mol. The van der Waals surface area contributed by atoms with E-state index in [-0.39, 0.29) is 6.02 Å². The number of benzene rings is 3. The van der Waals surface area contributed by atoms with Gasteiger partial charge >= 0.3 is 6.02 Å². The van der Waals surface area contributed by atoms with Crippen LogP contribution in [0.15, 0.2) is 93.6 Å². The molecule has 0 aliphatic rings. The van der Waals surface area contributed by atoms with Crippen LogP contribution in [0.5, 0.6) is 5.75 Å². The van der Waals surface area contributed by atoms with Crippen LogP contribution in [0.4, 0.5) is 11.4 Å². The maximum atomic E-state index is 12.7. The molecule has 3 N–H and O–H groups in total. The Balaban J connectivity index is 1.85. The van der Waals surface area contributed by atoms with E-state index in [1.165, 1.54) is 0 Å². The van der Waals surface area contributed by atoms with Gasteiger partial charge in [-0.05, 0) is 36.4 Å². The minimum absolute atomic E-state index is 0.0296. The number of nitrogen functional groups attached to an aromatic ring is 1. The van der Waals surface area contributed by atoms with Gasteiger partial charge in [-0.2, -0.15) is 5.26 Å². The Kier molecular flexibility index (Phi) is 5.94. The summed E-state index contributed by atoms with van der Waals surface area (Å²) in [6, 6.07) is 23.0. The van der Waals surface area contributed by atoms with E-state index < -0.39 is 11.2 Å². The summed E-state index contributed by atoms with van der Waals surface area (Å²) in [4.78, 5) is 4.89. The molecule has 134 valence electrons. The Hall–Kier alpha value is -3.47. The van der Waals surface area contributed by atoms with Gasteiger partial charge < -0.3 is 20.3 Å². The molecule has 0 aliphatic heterocycles. The molecule has 0 aliphatic carbocycles. The molecular weight excluding hydrogens is 360 g/mol. The lowest BCUT2D eigenvalue weighted by Crippen LogP contribution is -2.20. The van der Waals surface area contributed by atoms with Gasteiger partial charge in [0.05, 0.1) is 11.4 Å². The number of nitrogens with zero attached hydrogens (tertiary/aromatic N) is 2. The molecule has 3 aromatic rings. The number of nitriles is 1. The molecule has 0 bridgehead atoms. The molecule has 0 heterocycles. The lowest BCUT2D eigenvalue weighted by molar-refractivity contribution is 0.549. The minimum atomic E-state index is -1.36. The Morgan fingerprint density at radius 1 is 1.00 bits per heavy atom. The van der Waals surface area contributed by atoms with Gasteiger partial charge in [0.1, 0.15) is 5.75 Å². The topological polar surface area (TPSA) is 106 Å². The summed E-state index contributed by atoms with van der Waals surface area (Å²) in [5.74, 6) is 0.515. The van der Waals surface area contributed by atoms with E-state index >= 15 is 0 Å². The second kappa shape index (κ2) is 8.76. The summed E-state index contributed by atoms with van der Waals surface area (Å²) < 4.78 is 18.3. The van der Waals surface area contributed by atoms with Crippen LogP contribution in [-0.2, 0) is 11.2 Å². The van der Waals surface area contributed by atoms with Crippen molar-refractivity contribution < 1.29 is 9.29 Å². The zero-order valence-corrected chi connectivity index (χ0v) is 15.0. The van der Waals surface area contributed by atoms with Crippen molar-refractivity contribution in [3.63, 3.8) is 0 Å². The Labute approximate surface area is 160 Å². The van der Waals surface area contributed by atoms with Gasteiger partial charge in [-0.3, -0.25) is 0 Å². The van der Waals surface area contributed by atoms with Crippen molar-refractivity contribution >= 4 is 28.6 Å². The maximum Gasteiger partial charge on any atom is 0.310 e. The SMILES string of the molecule is N#C/N=C(/Nc1cc([S+]([O-])c2ccccc2)ccc1N)Oc1ccccc1. The molecule has 0 aromatic heterocycles. The van der Waals surface area contributed by atoms with Crippen LogP contribution in [0.25, 0.3) is 0 Å². The summed E-state index contributed by atoms with van der Waals surface area (Å²) in [7, 11) is 0. The van der Waals surface area contributed by atoms with Crippen LogP contribution in [0.1, 0.15) is 0 Å². The first-order valence-corrected chi connectivity index (χ1v) is 9.15. The molecule has 7 heteroatoms. The van der Waals surface area contributed by atoms with Crippen LogP contribution in [0.3, 0.4) is 0 Å². The minimum Gasteiger partial charge on any atom is -0.606 e. The van der Waals surface area contributed by atoms with Gasteiger partial charge in [-0.25, -0.2) is 0 Å². The highest BCUT2D eigenvalue weighted by Gasteiger charge is 2.17. The van der Waals surface area contributed by atoms with Crippen LogP contribution >= 0.6 is 0 Å². The number of amidine groups is 1. The van der Waals surface area contributed by atoms with E-state index in [2.05, 4.69) is 10.3 Å². The van der Waals surface area contributed by atoms with Crippen LogP contribution in [0.2, 0.25) is 0 Å². The van der Waals surface area contributed by atoms with Gasteiger partial charge in [0.25, 0.3) is 0 Å². The second-order valence-electron chi connectivity index (χ2n) is 5.39. The van der Waals surface area contributed by atoms with E-state index in [0.29, 0.717) is 26.9 Å². The summed E-state index contributed by atoms with van der Waals surface area (Å²) in [6.45, 7) is 0. The average molecular weight is 376 g/mol. The van der Waals surface area contributed by atoms with Gasteiger partial charge in [0.2, 0.25) is 6.19 Å². The van der Waals surface area contributed by atoms with Crippen LogP contribution < -0.4 is 15.8 Å². The van der Waals surface area contributed by atoms with Gasteiger partial charge in [0, 0.05) is 17.2 Å². The number of aliphatic imine (C=N–C) groups is 1. The first-order chi connectivity index (χ1) is 13.2. The Morgan fingerprint density at radius 3 is 2.33 bits per heavy atom. The monoisotopic (exact) mass is 376 g/mol. The fourth-order valence-corrected chi connectivity index (χ4v) is 3.37. The molecule has 0 radical (unpaired) electrons. The zero-order valence-electron chi connectivity index (χ0n) is 14.2. The fourth-order valence-electron chi connectivity index (χ4n) is 2.28. The molecule has 1 unspecified atom stereocenters. The Bertz CT molecular complexity index is 972. The van der Waals surface area contributed by atoms with Crippen molar-refractivity contribution in [3.8, 4) is 11.9 Å². The quantitative estimate of drug-likeness (QED) is 0.237. The fraction of sp³-hybridized carbons (Fsp3) is 0. The van der Waals surface area contributed by atoms with E-state index in [1.54, 1.807) is 60.8 Å². The normalized spacial score (nSPS) is 12.1. The molecule has 0 saturated carbocycles. The molecule has 0 fully saturated rings. The third-order valence-corrected chi connectivity index (χ3v) is 4.93. The summed E-state index contributed by atoms with van der Waals surface area (Å²) >= 11 is -1.36. The number of hydrogen-bond acceptors (Lipinski definition) is 5. The number of nitrogens with two attached hydrogens (primary N) is 1. The third kappa shape index (κ3) is 4.79. The van der Waals surface area contributed by atoms with Crippen molar-refractivity contribution in [1.82, 2.24) is 0 Å². The van der Waals surface area contributed by atoms with E-state index in [4.69, 9.17) is 15.7 Å². The van der Waals surface area contributed by atoms with Crippen LogP contribution in [0, 0.1) is 11.5 Å². The molecule has 6 nitrogen and oxygen atoms in total. The molecule has 0 saturated heterocycles. The standard InChI is InChI=1S/C20H16N4O2S/c21-14-23-20(26-15-7-3-1-4-8-15)24-19-13-17(11-12-18(19)22)27(25)16-9-5-2-6-10-16/h1-13H,22H2,(H,23,24). The molecule has 27 heavy (non-hydrogen) atoms. The number of para-hydroxylation sites is 1. The average Bonchev–Trinajstić information content (AvgIpc) is 2.71. The summed E-state index contributed by atoms with van der Waals surface area (Å²) in [6.07, 6.45) is 1.69. The van der Waals surface area contributed by atoms with Gasteiger partial charge in [-0.1, -0.05) is 36.4 Å². The van der Waals surface area contributed by atoms with Crippen molar-refractivity contribution in [2.45, 2.75) is 9.79 Å².